The first-order chi connectivity index (χ1) is 11.3. The molecule has 0 heterocycles. The van der Waals surface area contributed by atoms with E-state index in [-0.39, 0.29) is 19.1 Å². The van der Waals surface area contributed by atoms with Crippen molar-refractivity contribution in [3.8, 4) is 0 Å². The smallest absolute Gasteiger partial charge is 0.0481 e. The van der Waals surface area contributed by atoms with E-state index in [4.69, 9.17) is 0 Å². The number of rotatable bonds is 9. The second kappa shape index (κ2) is 10.7. The van der Waals surface area contributed by atoms with E-state index in [1.54, 1.807) is 0 Å². The second-order valence-electron chi connectivity index (χ2n) is 8.52. The summed E-state index contributed by atoms with van der Waals surface area (Å²) in [6.07, 6.45) is 18.2. The molecule has 0 aromatic rings. The molecule has 0 bridgehead atoms. The number of hydrogen-bond donors (Lipinski definition) is 2. The van der Waals surface area contributed by atoms with Crippen LogP contribution in [0.25, 0.3) is 0 Å². The van der Waals surface area contributed by atoms with Crippen molar-refractivity contribution in [3.05, 3.63) is 0 Å². The summed E-state index contributed by atoms with van der Waals surface area (Å²) in [5, 5.41) is 18.5. The van der Waals surface area contributed by atoms with Crippen LogP contribution in [0.3, 0.4) is 0 Å². The van der Waals surface area contributed by atoms with Gasteiger partial charge in [0.25, 0.3) is 0 Å². The molecule has 2 rings (SSSR count). The fourth-order valence-corrected chi connectivity index (χ4v) is 5.20. The summed E-state index contributed by atoms with van der Waals surface area (Å²) in [5.41, 5.74) is 0. The molecule has 0 spiro atoms. The first-order valence-corrected chi connectivity index (χ1v) is 10.5. The topological polar surface area (TPSA) is 40.5 Å². The molecule has 23 heavy (non-hydrogen) atoms. The van der Waals surface area contributed by atoms with Crippen LogP contribution < -0.4 is 0 Å². The Morgan fingerprint density at radius 1 is 0.739 bits per heavy atom. The minimum absolute atomic E-state index is 0.120. The Labute approximate surface area is 144 Å². The van der Waals surface area contributed by atoms with Gasteiger partial charge in [0.2, 0.25) is 0 Å². The maximum absolute atomic E-state index is 9.25. The Balaban J connectivity index is 1.63. The van der Waals surface area contributed by atoms with Crippen LogP contribution in [0.1, 0.15) is 90.4 Å². The third-order valence-electron chi connectivity index (χ3n) is 6.85. The van der Waals surface area contributed by atoms with Crippen LogP contribution in [-0.4, -0.2) is 23.4 Å². The average Bonchev–Trinajstić information content (AvgIpc) is 2.61. The van der Waals surface area contributed by atoms with Gasteiger partial charge in [-0.1, -0.05) is 58.3 Å². The van der Waals surface area contributed by atoms with Gasteiger partial charge in [-0.15, -0.1) is 0 Å². The number of hydrogen-bond acceptors (Lipinski definition) is 2. The van der Waals surface area contributed by atoms with Crippen LogP contribution in [-0.2, 0) is 0 Å². The zero-order valence-electron chi connectivity index (χ0n) is 15.4. The van der Waals surface area contributed by atoms with Crippen molar-refractivity contribution < 1.29 is 10.2 Å². The second-order valence-corrected chi connectivity index (χ2v) is 8.52. The molecule has 2 fully saturated rings. The molecule has 2 heteroatoms. The average molecular weight is 325 g/mol. The quantitative estimate of drug-likeness (QED) is 0.574. The Hall–Kier alpha value is -0.0800. The third-order valence-corrected chi connectivity index (χ3v) is 6.85. The lowest BCUT2D eigenvalue weighted by Gasteiger charge is -2.38. The summed E-state index contributed by atoms with van der Waals surface area (Å²) < 4.78 is 0. The van der Waals surface area contributed by atoms with Gasteiger partial charge < -0.3 is 10.2 Å². The van der Waals surface area contributed by atoms with E-state index in [1.165, 1.54) is 77.0 Å². The molecule has 136 valence electrons. The summed E-state index contributed by atoms with van der Waals surface area (Å²) in [7, 11) is 0. The maximum atomic E-state index is 9.25. The van der Waals surface area contributed by atoms with Gasteiger partial charge in [-0.25, -0.2) is 0 Å². The largest absolute Gasteiger partial charge is 0.396 e. The van der Waals surface area contributed by atoms with Gasteiger partial charge in [-0.05, 0) is 55.8 Å². The lowest BCUT2D eigenvalue weighted by Crippen LogP contribution is -2.27. The molecule has 2 nitrogen and oxygen atoms in total. The zero-order valence-corrected chi connectivity index (χ0v) is 15.4. The highest BCUT2D eigenvalue weighted by molar-refractivity contribution is 4.82. The number of aliphatic hydroxyl groups excluding tert-OH is 2. The highest BCUT2D eigenvalue weighted by Crippen LogP contribution is 2.43. The molecule has 0 radical (unpaired) electrons. The Morgan fingerprint density at radius 2 is 1.26 bits per heavy atom. The molecule has 0 saturated heterocycles. The molecule has 0 unspecified atom stereocenters. The number of unbranched alkanes of at least 4 members (excludes halogenated alkanes) is 2. The van der Waals surface area contributed by atoms with E-state index in [0.29, 0.717) is 0 Å². The van der Waals surface area contributed by atoms with Crippen molar-refractivity contribution in [1.29, 1.82) is 0 Å². The van der Waals surface area contributed by atoms with Crippen LogP contribution in [0.4, 0.5) is 0 Å². The Morgan fingerprint density at radius 3 is 1.74 bits per heavy atom. The standard InChI is InChI=1S/C21H40O2/c1-2-3-4-5-17-6-10-20(11-7-17)21-12-8-18(9-13-21)14-19(15-22)16-23/h17-23H,2-16H2,1H3. The van der Waals surface area contributed by atoms with E-state index in [2.05, 4.69) is 6.92 Å². The first-order valence-electron chi connectivity index (χ1n) is 10.5. The summed E-state index contributed by atoms with van der Waals surface area (Å²) in [5.74, 6) is 3.88. The van der Waals surface area contributed by atoms with Crippen molar-refractivity contribution in [3.63, 3.8) is 0 Å². The molecule has 2 saturated carbocycles. The maximum Gasteiger partial charge on any atom is 0.0481 e. The molecule has 0 atom stereocenters. The first kappa shape index (κ1) is 19.2. The monoisotopic (exact) mass is 324 g/mol. The normalized spacial score (nSPS) is 32.3. The van der Waals surface area contributed by atoms with Gasteiger partial charge in [0.15, 0.2) is 0 Å². The number of aliphatic hydroxyl groups is 2. The summed E-state index contributed by atoms with van der Waals surface area (Å²) in [6.45, 7) is 2.60. The van der Waals surface area contributed by atoms with Crippen molar-refractivity contribution in [2.24, 2.45) is 29.6 Å². The van der Waals surface area contributed by atoms with E-state index in [0.717, 1.165) is 30.1 Å². The van der Waals surface area contributed by atoms with Gasteiger partial charge in [-0.3, -0.25) is 0 Å². The summed E-state index contributed by atoms with van der Waals surface area (Å²) in [6, 6.07) is 0. The lowest BCUT2D eigenvalue weighted by molar-refractivity contribution is 0.100. The van der Waals surface area contributed by atoms with Gasteiger partial charge in [-0.2, -0.15) is 0 Å². The predicted molar refractivity (Wildman–Crippen MR) is 97.3 cm³/mol. The molecule has 0 aliphatic heterocycles. The van der Waals surface area contributed by atoms with E-state index >= 15 is 0 Å². The van der Waals surface area contributed by atoms with Gasteiger partial charge in [0.05, 0.1) is 0 Å². The van der Waals surface area contributed by atoms with Gasteiger partial charge in [0.1, 0.15) is 0 Å². The minimum atomic E-state index is 0.120. The van der Waals surface area contributed by atoms with Crippen LogP contribution in [0, 0.1) is 29.6 Å². The molecule has 0 aromatic carbocycles. The minimum Gasteiger partial charge on any atom is -0.396 e. The highest BCUT2D eigenvalue weighted by Gasteiger charge is 2.31. The molecule has 2 aliphatic carbocycles. The molecule has 0 amide bonds. The fourth-order valence-electron chi connectivity index (χ4n) is 5.20. The molecular formula is C21H40O2. The molecule has 2 N–H and O–H groups in total. The molecule has 0 aromatic heterocycles. The summed E-state index contributed by atoms with van der Waals surface area (Å²) in [4.78, 5) is 0. The van der Waals surface area contributed by atoms with Gasteiger partial charge in [0, 0.05) is 19.1 Å². The van der Waals surface area contributed by atoms with Crippen LogP contribution >= 0.6 is 0 Å². The molecular weight excluding hydrogens is 284 g/mol. The third kappa shape index (κ3) is 6.38. The van der Waals surface area contributed by atoms with Crippen LogP contribution in [0.5, 0.6) is 0 Å². The Kier molecular flexibility index (Phi) is 8.97. The van der Waals surface area contributed by atoms with E-state index in [1.807, 2.05) is 0 Å². The zero-order chi connectivity index (χ0) is 16.5. The SMILES string of the molecule is CCCCCC1CCC(C2CCC(CC(CO)CO)CC2)CC1. The van der Waals surface area contributed by atoms with Crippen LogP contribution in [0.2, 0.25) is 0 Å². The van der Waals surface area contributed by atoms with Crippen LogP contribution in [0.15, 0.2) is 0 Å². The van der Waals surface area contributed by atoms with E-state index in [9.17, 15) is 10.2 Å². The Bertz CT molecular complexity index is 284. The van der Waals surface area contributed by atoms with Crippen molar-refractivity contribution in [2.75, 3.05) is 13.2 Å². The van der Waals surface area contributed by atoms with E-state index < -0.39 is 0 Å². The predicted octanol–water partition coefficient (Wildman–Crippen LogP) is 5.17. The summed E-state index contributed by atoms with van der Waals surface area (Å²) >= 11 is 0. The van der Waals surface area contributed by atoms with Crippen molar-refractivity contribution in [2.45, 2.75) is 90.4 Å². The lowest BCUT2D eigenvalue weighted by atomic mass is 9.68. The van der Waals surface area contributed by atoms with Crippen molar-refractivity contribution in [1.82, 2.24) is 0 Å². The molecule has 2 aliphatic rings. The van der Waals surface area contributed by atoms with Crippen molar-refractivity contribution >= 4 is 0 Å². The fraction of sp³-hybridized carbons (Fsp3) is 1.00. The highest BCUT2D eigenvalue weighted by atomic mass is 16.3. The van der Waals surface area contributed by atoms with Gasteiger partial charge >= 0.3 is 0 Å².